The van der Waals surface area contributed by atoms with Crippen molar-refractivity contribution in [2.24, 2.45) is 0 Å². The number of hydrogen-bond acceptors (Lipinski definition) is 1. The van der Waals surface area contributed by atoms with E-state index < -0.39 is 17.5 Å². The maximum atomic E-state index is 13.0. The number of aromatic amines is 1. The molecule has 0 bridgehead atoms. The van der Waals surface area contributed by atoms with E-state index in [4.69, 9.17) is 0 Å². The molecule has 0 atom stereocenters. The lowest BCUT2D eigenvalue weighted by Gasteiger charge is -2.05. The number of carbonyl (C=O) groups is 1. The van der Waals surface area contributed by atoms with Crippen LogP contribution >= 0.6 is 0 Å². The largest absolute Gasteiger partial charge is 0.362 e. The zero-order valence-electron chi connectivity index (χ0n) is 10.7. The number of H-pyrrole nitrogens is 1. The van der Waals surface area contributed by atoms with Gasteiger partial charge in [0.25, 0.3) is 5.91 Å². The molecule has 3 nitrogen and oxygen atoms in total. The normalized spacial score (nSPS) is 10.5. The molecule has 2 rings (SSSR count). The molecule has 1 aromatic heterocycles. The molecule has 0 aliphatic rings. The van der Waals surface area contributed by atoms with Crippen LogP contribution in [0, 0.1) is 25.5 Å². The molecule has 1 heterocycles. The number of hydrogen-bond donors (Lipinski definition) is 2. The van der Waals surface area contributed by atoms with Crippen LogP contribution in [-0.2, 0) is 6.54 Å². The van der Waals surface area contributed by atoms with E-state index in [-0.39, 0.29) is 5.56 Å². The highest BCUT2D eigenvalue weighted by Gasteiger charge is 2.10. The fraction of sp³-hybridized carbons (Fsp3) is 0.214. The third kappa shape index (κ3) is 2.99. The zero-order valence-corrected chi connectivity index (χ0v) is 10.7. The van der Waals surface area contributed by atoms with E-state index in [9.17, 15) is 13.6 Å². The van der Waals surface area contributed by atoms with Gasteiger partial charge in [-0.15, -0.1) is 0 Å². The molecule has 0 aliphatic heterocycles. The smallest absolute Gasteiger partial charge is 0.251 e. The molecule has 0 fully saturated rings. The highest BCUT2D eigenvalue weighted by atomic mass is 19.2. The highest BCUT2D eigenvalue weighted by Crippen LogP contribution is 2.11. The summed E-state index contributed by atoms with van der Waals surface area (Å²) in [6, 6.07) is 5.01. The maximum Gasteiger partial charge on any atom is 0.251 e. The molecule has 5 heteroatoms. The summed E-state index contributed by atoms with van der Waals surface area (Å²) in [6.45, 7) is 4.17. The van der Waals surface area contributed by atoms with E-state index in [0.717, 1.165) is 29.1 Å². The van der Waals surface area contributed by atoms with Gasteiger partial charge in [0.1, 0.15) is 0 Å². The summed E-state index contributed by atoms with van der Waals surface area (Å²) in [7, 11) is 0. The van der Waals surface area contributed by atoms with Crippen molar-refractivity contribution in [3.8, 4) is 0 Å². The van der Waals surface area contributed by atoms with Crippen LogP contribution in [0.25, 0.3) is 0 Å². The van der Waals surface area contributed by atoms with Crippen LogP contribution in [0.2, 0.25) is 0 Å². The second kappa shape index (κ2) is 5.22. The third-order valence-corrected chi connectivity index (χ3v) is 2.88. The molecule has 2 N–H and O–H groups in total. The van der Waals surface area contributed by atoms with Crippen LogP contribution in [0.1, 0.15) is 27.3 Å². The average Bonchev–Trinajstić information content (AvgIpc) is 2.68. The minimum atomic E-state index is -1.03. The number of nitrogens with one attached hydrogen (secondary N) is 2. The van der Waals surface area contributed by atoms with E-state index >= 15 is 0 Å². The van der Waals surface area contributed by atoms with Gasteiger partial charge in [0.2, 0.25) is 0 Å². The first-order chi connectivity index (χ1) is 8.97. The van der Waals surface area contributed by atoms with Crippen molar-refractivity contribution in [3.05, 3.63) is 58.4 Å². The first-order valence-electron chi connectivity index (χ1n) is 5.85. The summed E-state index contributed by atoms with van der Waals surface area (Å²) in [5, 5.41) is 2.67. The predicted octanol–water partition coefficient (Wildman–Crippen LogP) is 2.84. The molecule has 0 aliphatic carbocycles. The minimum Gasteiger partial charge on any atom is -0.362 e. The van der Waals surface area contributed by atoms with Crippen molar-refractivity contribution in [3.63, 3.8) is 0 Å². The van der Waals surface area contributed by atoms with Gasteiger partial charge in [-0.1, -0.05) is 0 Å². The van der Waals surface area contributed by atoms with Gasteiger partial charge in [-0.25, -0.2) is 8.78 Å². The van der Waals surface area contributed by atoms with Crippen LogP contribution in [-0.4, -0.2) is 10.9 Å². The van der Waals surface area contributed by atoms with Gasteiger partial charge in [0, 0.05) is 23.5 Å². The van der Waals surface area contributed by atoms with Crippen LogP contribution < -0.4 is 5.32 Å². The van der Waals surface area contributed by atoms with E-state index in [0.29, 0.717) is 6.54 Å². The molecular weight excluding hydrogens is 250 g/mol. The van der Waals surface area contributed by atoms with Crippen molar-refractivity contribution in [1.29, 1.82) is 0 Å². The average molecular weight is 264 g/mol. The van der Waals surface area contributed by atoms with Crippen LogP contribution in [0.3, 0.4) is 0 Å². The Kier molecular flexibility index (Phi) is 3.64. The van der Waals surface area contributed by atoms with Gasteiger partial charge in [-0.3, -0.25) is 4.79 Å². The molecule has 0 unspecified atom stereocenters. The van der Waals surface area contributed by atoms with Crippen molar-refractivity contribution < 1.29 is 13.6 Å². The van der Waals surface area contributed by atoms with Gasteiger partial charge >= 0.3 is 0 Å². The van der Waals surface area contributed by atoms with Crippen molar-refractivity contribution in [1.82, 2.24) is 10.3 Å². The van der Waals surface area contributed by atoms with E-state index in [1.54, 1.807) is 0 Å². The molecule has 100 valence electrons. The monoisotopic (exact) mass is 264 g/mol. The molecule has 0 spiro atoms. The summed E-state index contributed by atoms with van der Waals surface area (Å²) < 4.78 is 25.8. The van der Waals surface area contributed by atoms with Crippen LogP contribution in [0.15, 0.2) is 24.3 Å². The maximum absolute atomic E-state index is 13.0. The Hall–Kier alpha value is -2.17. The van der Waals surface area contributed by atoms with Crippen molar-refractivity contribution in [2.45, 2.75) is 20.4 Å². The minimum absolute atomic E-state index is 0.101. The number of carbonyl (C=O) groups excluding carboxylic acids is 1. The number of halogens is 2. The second-order valence-corrected chi connectivity index (χ2v) is 4.41. The molecule has 1 aromatic carbocycles. The number of rotatable bonds is 3. The zero-order chi connectivity index (χ0) is 14.0. The van der Waals surface area contributed by atoms with Crippen molar-refractivity contribution >= 4 is 5.91 Å². The lowest BCUT2D eigenvalue weighted by Crippen LogP contribution is -2.23. The Morgan fingerprint density at radius 1 is 1.21 bits per heavy atom. The SMILES string of the molecule is Cc1cc(CNC(=O)c2ccc(F)c(F)c2)c(C)[nH]1. The lowest BCUT2D eigenvalue weighted by atomic mass is 10.2. The summed E-state index contributed by atoms with van der Waals surface area (Å²) in [4.78, 5) is 14.9. The Bertz CT molecular complexity index is 620. The van der Waals surface area contributed by atoms with Gasteiger partial charge < -0.3 is 10.3 Å². The Morgan fingerprint density at radius 3 is 2.53 bits per heavy atom. The number of amides is 1. The summed E-state index contributed by atoms with van der Waals surface area (Å²) >= 11 is 0. The summed E-state index contributed by atoms with van der Waals surface area (Å²) in [6.07, 6.45) is 0. The fourth-order valence-electron chi connectivity index (χ4n) is 1.88. The number of benzene rings is 1. The second-order valence-electron chi connectivity index (χ2n) is 4.41. The Labute approximate surface area is 109 Å². The Morgan fingerprint density at radius 2 is 1.95 bits per heavy atom. The van der Waals surface area contributed by atoms with Gasteiger partial charge in [-0.2, -0.15) is 0 Å². The topological polar surface area (TPSA) is 44.9 Å². The first-order valence-corrected chi connectivity index (χ1v) is 5.85. The fourth-order valence-corrected chi connectivity index (χ4v) is 1.88. The lowest BCUT2D eigenvalue weighted by molar-refractivity contribution is 0.0950. The molecule has 2 aromatic rings. The number of aryl methyl sites for hydroxylation is 2. The predicted molar refractivity (Wildman–Crippen MR) is 67.8 cm³/mol. The number of aromatic nitrogens is 1. The van der Waals surface area contributed by atoms with E-state index in [1.165, 1.54) is 6.07 Å². The van der Waals surface area contributed by atoms with E-state index in [1.807, 2.05) is 19.9 Å². The van der Waals surface area contributed by atoms with Crippen molar-refractivity contribution in [2.75, 3.05) is 0 Å². The van der Waals surface area contributed by atoms with Crippen LogP contribution in [0.5, 0.6) is 0 Å². The molecule has 0 saturated heterocycles. The van der Waals surface area contributed by atoms with Crippen LogP contribution in [0.4, 0.5) is 8.78 Å². The molecule has 0 radical (unpaired) electrons. The van der Waals surface area contributed by atoms with Gasteiger partial charge in [-0.05, 0) is 43.7 Å². The standard InChI is InChI=1S/C14H14F2N2O/c1-8-5-11(9(2)18-8)7-17-14(19)10-3-4-12(15)13(16)6-10/h3-6,18H,7H2,1-2H3,(H,17,19). The summed E-state index contributed by atoms with van der Waals surface area (Å²) in [5.41, 5.74) is 3.05. The summed E-state index contributed by atoms with van der Waals surface area (Å²) in [5.74, 6) is -2.42. The molecule has 19 heavy (non-hydrogen) atoms. The highest BCUT2D eigenvalue weighted by molar-refractivity contribution is 5.94. The first kappa shape index (κ1) is 13.3. The third-order valence-electron chi connectivity index (χ3n) is 2.88. The van der Waals surface area contributed by atoms with E-state index in [2.05, 4.69) is 10.3 Å². The molecule has 0 saturated carbocycles. The Balaban J connectivity index is 2.05. The van der Waals surface area contributed by atoms with Gasteiger partial charge in [0.05, 0.1) is 0 Å². The van der Waals surface area contributed by atoms with Gasteiger partial charge in [0.15, 0.2) is 11.6 Å². The molecule has 1 amide bonds. The quantitative estimate of drug-likeness (QED) is 0.879. The molecular formula is C14H14F2N2O.